The van der Waals surface area contributed by atoms with Gasteiger partial charge in [0.1, 0.15) is 5.75 Å². The highest BCUT2D eigenvalue weighted by atomic mass is 16.7. The van der Waals surface area contributed by atoms with Crippen molar-refractivity contribution in [3.05, 3.63) is 29.8 Å². The summed E-state index contributed by atoms with van der Waals surface area (Å²) in [5, 5.41) is 3.36. The lowest BCUT2D eigenvalue weighted by molar-refractivity contribution is -0.123. The second kappa shape index (κ2) is 8.08. The van der Waals surface area contributed by atoms with Gasteiger partial charge in [0.05, 0.1) is 12.6 Å². The molecule has 102 valence electrons. The second-order valence-electron chi connectivity index (χ2n) is 3.88. The van der Waals surface area contributed by atoms with Crippen LogP contribution in [0.1, 0.15) is 25.5 Å². The smallest absolute Gasteiger partial charge is 0.176 e. The van der Waals surface area contributed by atoms with Crippen molar-refractivity contribution in [1.82, 2.24) is 5.32 Å². The molecule has 4 nitrogen and oxygen atoms in total. The number of nitrogens with one attached hydrogen (secondary N) is 1. The Kier molecular flexibility index (Phi) is 6.72. The van der Waals surface area contributed by atoms with Crippen molar-refractivity contribution in [2.24, 2.45) is 0 Å². The van der Waals surface area contributed by atoms with Crippen molar-refractivity contribution in [2.45, 2.75) is 26.2 Å². The van der Waals surface area contributed by atoms with Crippen LogP contribution in [0.4, 0.5) is 0 Å². The fourth-order valence-corrected chi connectivity index (χ4v) is 1.90. The SMILES string of the molecule is CCNC(c1ccc(OCC)cc1)C(OC)OC. The molecule has 0 amide bonds. The molecule has 0 saturated carbocycles. The van der Waals surface area contributed by atoms with Crippen molar-refractivity contribution < 1.29 is 14.2 Å². The molecule has 1 aromatic rings. The Labute approximate surface area is 109 Å². The average molecular weight is 253 g/mol. The standard InChI is InChI=1S/C14H23NO3/c1-5-15-13(14(16-3)17-4)11-7-9-12(10-8-11)18-6-2/h7-10,13-15H,5-6H2,1-4H3. The summed E-state index contributed by atoms with van der Waals surface area (Å²) in [4.78, 5) is 0. The summed E-state index contributed by atoms with van der Waals surface area (Å²) in [6.45, 7) is 5.56. The third-order valence-electron chi connectivity index (χ3n) is 2.71. The first kappa shape index (κ1) is 15.0. The molecule has 0 spiro atoms. The molecule has 0 aliphatic heterocycles. The van der Waals surface area contributed by atoms with Gasteiger partial charge >= 0.3 is 0 Å². The predicted octanol–water partition coefficient (Wildman–Crippen LogP) is 2.35. The molecule has 4 heteroatoms. The zero-order chi connectivity index (χ0) is 13.4. The topological polar surface area (TPSA) is 39.7 Å². The monoisotopic (exact) mass is 253 g/mol. The lowest BCUT2D eigenvalue weighted by Crippen LogP contribution is -2.34. The van der Waals surface area contributed by atoms with Crippen molar-refractivity contribution in [1.29, 1.82) is 0 Å². The molecule has 0 saturated heterocycles. The summed E-state index contributed by atoms with van der Waals surface area (Å²) < 4.78 is 16.1. The molecule has 1 aromatic carbocycles. The third-order valence-corrected chi connectivity index (χ3v) is 2.71. The molecule has 0 aliphatic rings. The fourth-order valence-electron chi connectivity index (χ4n) is 1.90. The minimum atomic E-state index is -0.303. The van der Waals surface area contributed by atoms with Gasteiger partial charge in [-0.3, -0.25) is 0 Å². The molecule has 0 radical (unpaired) electrons. The van der Waals surface area contributed by atoms with Crippen LogP contribution in [0, 0.1) is 0 Å². The van der Waals surface area contributed by atoms with Gasteiger partial charge in [0, 0.05) is 14.2 Å². The molecule has 1 N–H and O–H groups in total. The van der Waals surface area contributed by atoms with E-state index in [1.165, 1.54) is 0 Å². The van der Waals surface area contributed by atoms with Crippen LogP contribution in [0.2, 0.25) is 0 Å². The highest BCUT2D eigenvalue weighted by molar-refractivity contribution is 5.29. The number of likely N-dealkylation sites (N-methyl/N-ethyl adjacent to an activating group) is 1. The van der Waals surface area contributed by atoms with Crippen LogP contribution in [-0.4, -0.2) is 33.7 Å². The van der Waals surface area contributed by atoms with E-state index < -0.39 is 0 Å². The minimum Gasteiger partial charge on any atom is -0.494 e. The second-order valence-corrected chi connectivity index (χ2v) is 3.88. The van der Waals surface area contributed by atoms with E-state index in [0.717, 1.165) is 17.9 Å². The minimum absolute atomic E-state index is 0.0145. The summed E-state index contributed by atoms with van der Waals surface area (Å²) in [6.07, 6.45) is -0.303. The molecule has 18 heavy (non-hydrogen) atoms. The Morgan fingerprint density at radius 1 is 1.06 bits per heavy atom. The van der Waals surface area contributed by atoms with Gasteiger partial charge in [-0.2, -0.15) is 0 Å². The lowest BCUT2D eigenvalue weighted by Gasteiger charge is -2.26. The molecule has 1 rings (SSSR count). The van der Waals surface area contributed by atoms with Crippen LogP contribution in [0.25, 0.3) is 0 Å². The molecule has 1 atom stereocenters. The first-order valence-electron chi connectivity index (χ1n) is 6.28. The Morgan fingerprint density at radius 2 is 1.67 bits per heavy atom. The predicted molar refractivity (Wildman–Crippen MR) is 71.8 cm³/mol. The van der Waals surface area contributed by atoms with E-state index in [1.807, 2.05) is 31.2 Å². The van der Waals surface area contributed by atoms with Crippen LogP contribution < -0.4 is 10.1 Å². The lowest BCUT2D eigenvalue weighted by atomic mass is 10.1. The summed E-state index contributed by atoms with van der Waals surface area (Å²) in [5.74, 6) is 0.878. The van der Waals surface area contributed by atoms with Crippen molar-refractivity contribution >= 4 is 0 Å². The van der Waals surface area contributed by atoms with Gasteiger partial charge in [-0.05, 0) is 31.2 Å². The van der Waals surface area contributed by atoms with Crippen molar-refractivity contribution in [2.75, 3.05) is 27.4 Å². The summed E-state index contributed by atoms with van der Waals surface area (Å²) in [5.41, 5.74) is 1.12. The van der Waals surface area contributed by atoms with Gasteiger partial charge in [0.2, 0.25) is 0 Å². The molecular weight excluding hydrogens is 230 g/mol. The van der Waals surface area contributed by atoms with Crippen molar-refractivity contribution in [3.8, 4) is 5.75 Å². The van der Waals surface area contributed by atoms with Crippen LogP contribution in [0.5, 0.6) is 5.75 Å². The molecule has 0 bridgehead atoms. The maximum atomic E-state index is 5.43. The third kappa shape index (κ3) is 3.98. The van der Waals surface area contributed by atoms with Gasteiger partial charge in [-0.1, -0.05) is 19.1 Å². The van der Waals surface area contributed by atoms with E-state index >= 15 is 0 Å². The first-order chi connectivity index (χ1) is 8.76. The summed E-state index contributed by atoms with van der Waals surface area (Å²) in [7, 11) is 3.29. The molecule has 0 fully saturated rings. The quantitative estimate of drug-likeness (QED) is 0.722. The van der Waals surface area contributed by atoms with Crippen molar-refractivity contribution in [3.63, 3.8) is 0 Å². The zero-order valence-corrected chi connectivity index (χ0v) is 11.6. The van der Waals surface area contributed by atoms with Crippen LogP contribution in [0.3, 0.4) is 0 Å². The van der Waals surface area contributed by atoms with E-state index in [4.69, 9.17) is 14.2 Å². The van der Waals surface area contributed by atoms with Gasteiger partial charge in [0.25, 0.3) is 0 Å². The normalized spacial score (nSPS) is 12.7. The molecular formula is C14H23NO3. The zero-order valence-electron chi connectivity index (χ0n) is 11.6. The Morgan fingerprint density at radius 3 is 2.11 bits per heavy atom. The largest absolute Gasteiger partial charge is 0.494 e. The van der Waals surface area contributed by atoms with E-state index in [0.29, 0.717) is 6.61 Å². The summed E-state index contributed by atoms with van der Waals surface area (Å²) in [6, 6.07) is 8.00. The van der Waals surface area contributed by atoms with E-state index in [9.17, 15) is 0 Å². The molecule has 0 heterocycles. The average Bonchev–Trinajstić information content (AvgIpc) is 2.40. The molecule has 0 aromatic heterocycles. The number of hydrogen-bond acceptors (Lipinski definition) is 4. The number of benzene rings is 1. The van der Waals surface area contributed by atoms with E-state index in [2.05, 4.69) is 12.2 Å². The van der Waals surface area contributed by atoms with Crippen LogP contribution >= 0.6 is 0 Å². The number of methoxy groups -OCH3 is 2. The maximum absolute atomic E-state index is 5.43. The van der Waals surface area contributed by atoms with Gasteiger partial charge in [-0.15, -0.1) is 0 Å². The number of hydrogen-bond donors (Lipinski definition) is 1. The Bertz CT molecular complexity index is 322. The number of ether oxygens (including phenoxy) is 3. The van der Waals surface area contributed by atoms with Gasteiger partial charge < -0.3 is 19.5 Å². The first-order valence-corrected chi connectivity index (χ1v) is 6.28. The maximum Gasteiger partial charge on any atom is 0.176 e. The summed E-state index contributed by atoms with van der Waals surface area (Å²) >= 11 is 0. The van der Waals surface area contributed by atoms with Gasteiger partial charge in [-0.25, -0.2) is 0 Å². The fraction of sp³-hybridized carbons (Fsp3) is 0.571. The van der Waals surface area contributed by atoms with E-state index in [1.54, 1.807) is 14.2 Å². The van der Waals surface area contributed by atoms with Crippen LogP contribution in [0.15, 0.2) is 24.3 Å². The Balaban J connectivity index is 2.84. The van der Waals surface area contributed by atoms with E-state index in [-0.39, 0.29) is 12.3 Å². The van der Waals surface area contributed by atoms with Crippen LogP contribution in [-0.2, 0) is 9.47 Å². The highest BCUT2D eigenvalue weighted by Gasteiger charge is 2.21. The molecule has 1 unspecified atom stereocenters. The Hall–Kier alpha value is -1.10. The van der Waals surface area contributed by atoms with Gasteiger partial charge in [0.15, 0.2) is 6.29 Å². The number of rotatable bonds is 8. The molecule has 0 aliphatic carbocycles. The highest BCUT2D eigenvalue weighted by Crippen LogP contribution is 2.22.